The summed E-state index contributed by atoms with van der Waals surface area (Å²) >= 11 is 1.74. The minimum Gasteiger partial charge on any atom is -0.304 e. The van der Waals surface area contributed by atoms with Crippen LogP contribution in [0.5, 0.6) is 0 Å². The number of fused-ring (bicyclic) bond motifs is 1. The van der Waals surface area contributed by atoms with Crippen LogP contribution in [0.3, 0.4) is 0 Å². The van der Waals surface area contributed by atoms with Crippen molar-refractivity contribution < 1.29 is 22.4 Å². The second kappa shape index (κ2) is 8.43. The summed E-state index contributed by atoms with van der Waals surface area (Å²) in [6.45, 7) is 2.08. The van der Waals surface area contributed by atoms with E-state index >= 15 is 0 Å². The van der Waals surface area contributed by atoms with Gasteiger partial charge in [-0.15, -0.1) is 11.8 Å². The van der Waals surface area contributed by atoms with E-state index in [2.05, 4.69) is 22.4 Å². The second-order valence-corrected chi connectivity index (χ2v) is 7.93. The number of rotatable bonds is 5. The Balaban J connectivity index is 1.61. The van der Waals surface area contributed by atoms with Crippen molar-refractivity contribution in [3.05, 3.63) is 77.4 Å². The molecule has 3 aromatic carbocycles. The zero-order chi connectivity index (χ0) is 22.1. The zero-order valence-corrected chi connectivity index (χ0v) is 16.9. The summed E-state index contributed by atoms with van der Waals surface area (Å²) in [7, 11) is 0. The van der Waals surface area contributed by atoms with Gasteiger partial charge in [-0.25, -0.2) is 17.6 Å². The average Bonchev–Trinajstić information content (AvgIpc) is 3.17. The van der Waals surface area contributed by atoms with Crippen molar-refractivity contribution in [2.45, 2.75) is 11.8 Å². The van der Waals surface area contributed by atoms with Crippen LogP contribution in [-0.4, -0.2) is 21.9 Å². The first-order chi connectivity index (χ1) is 14.9. The molecule has 0 saturated heterocycles. The number of hydrogen-bond acceptors (Lipinski definition) is 3. The first-order valence-corrected chi connectivity index (χ1v) is 10.2. The number of carbonyl (C=O) groups is 1. The van der Waals surface area contributed by atoms with Crippen molar-refractivity contribution in [3.63, 3.8) is 0 Å². The van der Waals surface area contributed by atoms with Gasteiger partial charge in [-0.05, 0) is 47.2 Å². The quantitative estimate of drug-likeness (QED) is 0.168. The van der Waals surface area contributed by atoms with Gasteiger partial charge in [-0.1, -0.05) is 25.1 Å². The molecule has 31 heavy (non-hydrogen) atoms. The van der Waals surface area contributed by atoms with Crippen LogP contribution >= 0.6 is 11.8 Å². The molecular formula is C22H15F4N3OS. The van der Waals surface area contributed by atoms with E-state index in [-0.39, 0.29) is 5.82 Å². The van der Waals surface area contributed by atoms with Crippen molar-refractivity contribution in [3.8, 4) is 11.1 Å². The number of benzene rings is 3. The van der Waals surface area contributed by atoms with Gasteiger partial charge in [0.15, 0.2) is 29.1 Å². The standard InChI is InChI=1S/C22H15F4N3OS/c1-2-31-13-6-3-11(4-7-13)12-5-8-14-17(9-12)28-29-21(14)27-22(30)15-10-16(23)19(25)20(26)18(15)24/h3-10H,2H2,1H3,(H2,27,28,29,30). The molecule has 0 fully saturated rings. The van der Waals surface area contributed by atoms with Crippen molar-refractivity contribution in [1.29, 1.82) is 0 Å². The molecule has 158 valence electrons. The van der Waals surface area contributed by atoms with Crippen LogP contribution in [0.15, 0.2) is 53.4 Å². The average molecular weight is 445 g/mol. The number of carbonyl (C=O) groups excluding carboxylic acids is 1. The molecular weight excluding hydrogens is 430 g/mol. The Bertz CT molecular complexity index is 1290. The summed E-state index contributed by atoms with van der Waals surface area (Å²) in [5.74, 6) is -7.59. The summed E-state index contributed by atoms with van der Waals surface area (Å²) in [4.78, 5) is 13.5. The minimum absolute atomic E-state index is 0.0470. The maximum atomic E-state index is 13.9. The van der Waals surface area contributed by atoms with Crippen molar-refractivity contribution in [1.82, 2.24) is 10.2 Å². The third kappa shape index (κ3) is 4.00. The fourth-order valence-electron chi connectivity index (χ4n) is 3.12. The SMILES string of the molecule is CCSc1ccc(-c2ccc3c(NC(=O)c4cc(F)c(F)c(F)c4F)n[nH]c3c2)cc1. The Hall–Kier alpha value is -3.33. The fraction of sp³-hybridized carbons (Fsp3) is 0.0909. The fourth-order valence-corrected chi connectivity index (χ4v) is 3.78. The van der Waals surface area contributed by atoms with Gasteiger partial charge in [0.2, 0.25) is 0 Å². The lowest BCUT2D eigenvalue weighted by atomic mass is 10.0. The smallest absolute Gasteiger partial charge is 0.260 e. The van der Waals surface area contributed by atoms with E-state index in [1.54, 1.807) is 17.8 Å². The van der Waals surface area contributed by atoms with E-state index in [1.807, 2.05) is 36.4 Å². The molecule has 4 aromatic rings. The topological polar surface area (TPSA) is 57.8 Å². The maximum absolute atomic E-state index is 13.9. The first-order valence-electron chi connectivity index (χ1n) is 9.24. The summed E-state index contributed by atoms with van der Waals surface area (Å²) in [5.41, 5.74) is 1.53. The molecule has 4 rings (SSSR count). The highest BCUT2D eigenvalue weighted by molar-refractivity contribution is 7.99. The van der Waals surface area contributed by atoms with Gasteiger partial charge in [0.1, 0.15) is 0 Å². The van der Waals surface area contributed by atoms with E-state index in [4.69, 9.17) is 0 Å². The van der Waals surface area contributed by atoms with Crippen LogP contribution < -0.4 is 5.32 Å². The zero-order valence-electron chi connectivity index (χ0n) is 16.1. The molecule has 0 aliphatic heterocycles. The van der Waals surface area contributed by atoms with Gasteiger partial charge >= 0.3 is 0 Å². The first kappa shape index (κ1) is 20.9. The maximum Gasteiger partial charge on any atom is 0.260 e. The van der Waals surface area contributed by atoms with E-state index < -0.39 is 34.7 Å². The van der Waals surface area contributed by atoms with Crippen LogP contribution in [0, 0.1) is 23.3 Å². The number of H-pyrrole nitrogens is 1. The van der Waals surface area contributed by atoms with Gasteiger partial charge < -0.3 is 5.32 Å². The Labute approximate surface area is 178 Å². The third-order valence-electron chi connectivity index (χ3n) is 4.64. The molecule has 9 heteroatoms. The number of aromatic amines is 1. The van der Waals surface area contributed by atoms with Gasteiger partial charge in [0.05, 0.1) is 11.1 Å². The Morgan fingerprint density at radius 3 is 2.39 bits per heavy atom. The van der Waals surface area contributed by atoms with E-state index in [0.717, 1.165) is 16.9 Å². The van der Waals surface area contributed by atoms with E-state index in [1.165, 1.54) is 4.90 Å². The largest absolute Gasteiger partial charge is 0.304 e. The van der Waals surface area contributed by atoms with E-state index in [9.17, 15) is 22.4 Å². The number of halogens is 4. The summed E-state index contributed by atoms with van der Waals surface area (Å²) in [5, 5.41) is 9.55. The lowest BCUT2D eigenvalue weighted by Crippen LogP contribution is -2.16. The normalized spacial score (nSPS) is 11.1. The second-order valence-electron chi connectivity index (χ2n) is 6.59. The van der Waals surface area contributed by atoms with Crippen LogP contribution in [0.1, 0.15) is 17.3 Å². The molecule has 2 N–H and O–H groups in total. The number of anilines is 1. The minimum atomic E-state index is -2.05. The number of thioether (sulfide) groups is 1. The molecule has 0 atom stereocenters. The lowest BCUT2D eigenvalue weighted by molar-refractivity contribution is 0.102. The third-order valence-corrected chi connectivity index (χ3v) is 5.53. The Morgan fingerprint density at radius 2 is 1.68 bits per heavy atom. The van der Waals surface area contributed by atoms with Gasteiger partial charge in [0.25, 0.3) is 5.91 Å². The summed E-state index contributed by atoms with van der Waals surface area (Å²) < 4.78 is 53.8. The van der Waals surface area contributed by atoms with Crippen LogP contribution in [-0.2, 0) is 0 Å². The van der Waals surface area contributed by atoms with Gasteiger partial charge in [0, 0.05) is 10.3 Å². The molecule has 1 heterocycles. The summed E-state index contributed by atoms with van der Waals surface area (Å²) in [6, 6.07) is 13.7. The number of aromatic nitrogens is 2. The van der Waals surface area contributed by atoms with Crippen molar-refractivity contribution in [2.75, 3.05) is 11.1 Å². The van der Waals surface area contributed by atoms with E-state index in [0.29, 0.717) is 17.0 Å². The monoisotopic (exact) mass is 445 g/mol. The van der Waals surface area contributed by atoms with Gasteiger partial charge in [-0.3, -0.25) is 9.89 Å². The lowest BCUT2D eigenvalue weighted by Gasteiger charge is -2.07. The van der Waals surface area contributed by atoms with Crippen LogP contribution in [0.4, 0.5) is 23.4 Å². The highest BCUT2D eigenvalue weighted by Crippen LogP contribution is 2.29. The summed E-state index contributed by atoms with van der Waals surface area (Å²) in [6.07, 6.45) is 0. The number of nitrogens with one attached hydrogen (secondary N) is 2. The molecule has 1 amide bonds. The predicted octanol–water partition coefficient (Wildman–Crippen LogP) is 6.15. The molecule has 0 aliphatic carbocycles. The number of nitrogens with zero attached hydrogens (tertiary/aromatic N) is 1. The highest BCUT2D eigenvalue weighted by Gasteiger charge is 2.24. The molecule has 0 bridgehead atoms. The van der Waals surface area contributed by atoms with Crippen LogP contribution in [0.25, 0.3) is 22.0 Å². The number of amides is 1. The Kier molecular flexibility index (Phi) is 5.69. The molecule has 0 saturated carbocycles. The molecule has 1 aromatic heterocycles. The molecule has 0 aliphatic rings. The highest BCUT2D eigenvalue weighted by atomic mass is 32.2. The Morgan fingerprint density at radius 1 is 0.968 bits per heavy atom. The number of hydrogen-bond donors (Lipinski definition) is 2. The van der Waals surface area contributed by atoms with Crippen molar-refractivity contribution in [2.24, 2.45) is 0 Å². The molecule has 0 radical (unpaired) electrons. The van der Waals surface area contributed by atoms with Gasteiger partial charge in [-0.2, -0.15) is 5.10 Å². The predicted molar refractivity (Wildman–Crippen MR) is 112 cm³/mol. The molecule has 0 spiro atoms. The molecule has 0 unspecified atom stereocenters. The molecule has 4 nitrogen and oxygen atoms in total. The van der Waals surface area contributed by atoms with Crippen molar-refractivity contribution >= 4 is 34.4 Å². The van der Waals surface area contributed by atoms with Crippen LogP contribution in [0.2, 0.25) is 0 Å².